The third-order valence-corrected chi connectivity index (χ3v) is 5.04. The van der Waals surface area contributed by atoms with Crippen molar-refractivity contribution in [3.8, 4) is 0 Å². The highest BCUT2D eigenvalue weighted by atomic mass is 19.1. The predicted octanol–water partition coefficient (Wildman–Crippen LogP) is 3.78. The summed E-state index contributed by atoms with van der Waals surface area (Å²) in [5, 5.41) is 2.89. The fourth-order valence-corrected chi connectivity index (χ4v) is 3.37. The standard InChI is InChI=1S/C23H21FN4O2/c24-21-12-5-4-11-20(21)22(29)27-15-19(16-27)28(14-18-10-6-7-13-25-18)23(30)26-17-8-2-1-3-9-17/h1-13,19H,14-16H2,(H,26,30). The molecule has 2 aromatic carbocycles. The van der Waals surface area contributed by atoms with Crippen molar-refractivity contribution < 1.29 is 14.0 Å². The molecule has 4 rings (SSSR count). The lowest BCUT2D eigenvalue weighted by atomic mass is 10.0. The average molecular weight is 404 g/mol. The second-order valence-electron chi connectivity index (χ2n) is 7.09. The fraction of sp³-hybridized carbons (Fsp3) is 0.174. The van der Waals surface area contributed by atoms with Gasteiger partial charge >= 0.3 is 6.03 Å². The van der Waals surface area contributed by atoms with Crippen molar-refractivity contribution in [2.24, 2.45) is 0 Å². The smallest absolute Gasteiger partial charge is 0.322 e. The Balaban J connectivity index is 1.47. The molecule has 1 N–H and O–H groups in total. The number of carbonyl (C=O) groups excluding carboxylic acids is 2. The van der Waals surface area contributed by atoms with Crippen LogP contribution in [-0.2, 0) is 6.54 Å². The SMILES string of the molecule is O=C(c1ccccc1F)N1CC(N(Cc2ccccn2)C(=O)Nc2ccccc2)C1. The maximum atomic E-state index is 13.9. The van der Waals surface area contributed by atoms with Gasteiger partial charge in [-0.05, 0) is 36.4 Å². The lowest BCUT2D eigenvalue weighted by molar-refractivity contribution is 0.0357. The molecule has 1 fully saturated rings. The number of amides is 3. The topological polar surface area (TPSA) is 65.5 Å². The molecule has 30 heavy (non-hydrogen) atoms. The van der Waals surface area contributed by atoms with Crippen LogP contribution in [0.2, 0.25) is 0 Å². The Morgan fingerprint density at radius 2 is 1.70 bits per heavy atom. The minimum atomic E-state index is -0.543. The van der Waals surface area contributed by atoms with Crippen molar-refractivity contribution in [3.05, 3.63) is 96.1 Å². The van der Waals surface area contributed by atoms with Gasteiger partial charge in [0.15, 0.2) is 0 Å². The summed E-state index contributed by atoms with van der Waals surface area (Å²) in [6, 6.07) is 20.2. The van der Waals surface area contributed by atoms with Gasteiger partial charge in [-0.25, -0.2) is 9.18 Å². The summed E-state index contributed by atoms with van der Waals surface area (Å²) in [5.74, 6) is -0.913. The van der Waals surface area contributed by atoms with Gasteiger partial charge in [-0.15, -0.1) is 0 Å². The quantitative estimate of drug-likeness (QED) is 0.704. The first-order valence-corrected chi connectivity index (χ1v) is 9.68. The van der Waals surface area contributed by atoms with Gasteiger partial charge in [0.2, 0.25) is 0 Å². The van der Waals surface area contributed by atoms with Crippen molar-refractivity contribution in [2.45, 2.75) is 12.6 Å². The summed E-state index contributed by atoms with van der Waals surface area (Å²) in [6.45, 7) is 0.982. The van der Waals surface area contributed by atoms with Crippen LogP contribution in [0.5, 0.6) is 0 Å². The van der Waals surface area contributed by atoms with E-state index in [1.54, 1.807) is 28.1 Å². The van der Waals surface area contributed by atoms with E-state index in [4.69, 9.17) is 0 Å². The molecular weight excluding hydrogens is 383 g/mol. The molecule has 2 heterocycles. The van der Waals surface area contributed by atoms with E-state index in [9.17, 15) is 14.0 Å². The van der Waals surface area contributed by atoms with Crippen LogP contribution >= 0.6 is 0 Å². The number of aromatic nitrogens is 1. The van der Waals surface area contributed by atoms with Crippen LogP contribution in [0.3, 0.4) is 0 Å². The molecule has 6 nitrogen and oxygen atoms in total. The van der Waals surface area contributed by atoms with Crippen LogP contribution in [0.25, 0.3) is 0 Å². The molecule has 3 amide bonds. The Bertz CT molecular complexity index is 1020. The van der Waals surface area contributed by atoms with Gasteiger partial charge in [0.25, 0.3) is 5.91 Å². The number of pyridine rings is 1. The summed E-state index contributed by atoms with van der Waals surface area (Å²) in [5.41, 5.74) is 1.48. The lowest BCUT2D eigenvalue weighted by Crippen LogP contribution is -2.62. The highest BCUT2D eigenvalue weighted by Gasteiger charge is 2.38. The minimum absolute atomic E-state index is 0.0426. The third kappa shape index (κ3) is 4.30. The number of nitrogens with one attached hydrogen (secondary N) is 1. The number of anilines is 1. The van der Waals surface area contributed by atoms with Crippen LogP contribution in [0.4, 0.5) is 14.9 Å². The summed E-state index contributed by atoms with van der Waals surface area (Å²) >= 11 is 0. The first-order chi connectivity index (χ1) is 14.6. The highest BCUT2D eigenvalue weighted by molar-refractivity contribution is 5.95. The van der Waals surface area contributed by atoms with Gasteiger partial charge in [-0.3, -0.25) is 9.78 Å². The molecule has 0 bridgehead atoms. The molecule has 0 saturated carbocycles. The van der Waals surface area contributed by atoms with E-state index in [0.29, 0.717) is 25.3 Å². The molecule has 152 valence electrons. The molecule has 1 aliphatic heterocycles. The molecule has 0 radical (unpaired) electrons. The molecule has 7 heteroatoms. The number of hydrogen-bond donors (Lipinski definition) is 1. The molecule has 1 saturated heterocycles. The van der Waals surface area contributed by atoms with Crippen molar-refractivity contribution in [1.29, 1.82) is 0 Å². The van der Waals surface area contributed by atoms with E-state index in [2.05, 4.69) is 10.3 Å². The first kappa shape index (κ1) is 19.6. The van der Waals surface area contributed by atoms with E-state index < -0.39 is 5.82 Å². The van der Waals surface area contributed by atoms with Crippen LogP contribution in [0.1, 0.15) is 16.1 Å². The molecule has 1 aliphatic rings. The summed E-state index contributed by atoms with van der Waals surface area (Å²) in [4.78, 5) is 33.1. The first-order valence-electron chi connectivity index (χ1n) is 9.68. The molecule has 1 aromatic heterocycles. The highest BCUT2D eigenvalue weighted by Crippen LogP contribution is 2.22. The third-order valence-electron chi connectivity index (χ3n) is 5.04. The zero-order chi connectivity index (χ0) is 20.9. The lowest BCUT2D eigenvalue weighted by Gasteiger charge is -2.45. The number of rotatable bonds is 5. The van der Waals surface area contributed by atoms with E-state index in [1.165, 1.54) is 12.1 Å². The van der Waals surface area contributed by atoms with E-state index in [1.807, 2.05) is 48.5 Å². The average Bonchev–Trinajstić information content (AvgIpc) is 2.73. The van der Waals surface area contributed by atoms with Gasteiger partial charge < -0.3 is 15.1 Å². The number of para-hydroxylation sites is 1. The summed E-state index contributed by atoms with van der Waals surface area (Å²) < 4.78 is 13.9. The number of nitrogens with zero attached hydrogens (tertiary/aromatic N) is 3. The Hall–Kier alpha value is -3.74. The van der Waals surface area contributed by atoms with Crippen molar-refractivity contribution >= 4 is 17.6 Å². The van der Waals surface area contributed by atoms with Gasteiger partial charge in [0.05, 0.1) is 23.8 Å². The van der Waals surface area contributed by atoms with Crippen LogP contribution < -0.4 is 5.32 Å². The van der Waals surface area contributed by atoms with Gasteiger partial charge in [0.1, 0.15) is 5.82 Å². The summed E-state index contributed by atoms with van der Waals surface area (Å²) in [7, 11) is 0. The molecule has 3 aromatic rings. The van der Waals surface area contributed by atoms with Crippen LogP contribution in [0, 0.1) is 5.82 Å². The Kier molecular flexibility index (Phi) is 5.70. The molecule has 0 atom stereocenters. The molecule has 0 spiro atoms. The Morgan fingerprint density at radius 3 is 2.40 bits per heavy atom. The minimum Gasteiger partial charge on any atom is -0.334 e. The van der Waals surface area contributed by atoms with Crippen molar-refractivity contribution in [3.63, 3.8) is 0 Å². The Labute approximate surface area is 174 Å². The maximum absolute atomic E-state index is 13.9. The van der Waals surface area contributed by atoms with Crippen LogP contribution in [0.15, 0.2) is 79.0 Å². The van der Waals surface area contributed by atoms with E-state index in [0.717, 1.165) is 5.69 Å². The van der Waals surface area contributed by atoms with Crippen molar-refractivity contribution in [2.75, 3.05) is 18.4 Å². The Morgan fingerprint density at radius 1 is 1.00 bits per heavy atom. The van der Waals surface area contributed by atoms with Crippen molar-refractivity contribution in [1.82, 2.24) is 14.8 Å². The van der Waals surface area contributed by atoms with Gasteiger partial charge in [-0.1, -0.05) is 36.4 Å². The molecule has 0 aliphatic carbocycles. The zero-order valence-electron chi connectivity index (χ0n) is 16.2. The van der Waals surface area contributed by atoms with E-state index >= 15 is 0 Å². The second kappa shape index (κ2) is 8.73. The monoisotopic (exact) mass is 404 g/mol. The largest absolute Gasteiger partial charge is 0.334 e. The number of halogens is 1. The van der Waals surface area contributed by atoms with Gasteiger partial charge in [0, 0.05) is 25.0 Å². The number of likely N-dealkylation sites (tertiary alicyclic amines) is 1. The number of benzene rings is 2. The van der Waals surface area contributed by atoms with Crippen LogP contribution in [-0.4, -0.2) is 45.9 Å². The normalized spacial score (nSPS) is 13.4. The molecule has 0 unspecified atom stereocenters. The molecular formula is C23H21FN4O2. The van der Waals surface area contributed by atoms with Gasteiger partial charge in [-0.2, -0.15) is 0 Å². The zero-order valence-corrected chi connectivity index (χ0v) is 16.2. The van der Waals surface area contributed by atoms with E-state index in [-0.39, 0.29) is 23.5 Å². The number of carbonyl (C=O) groups is 2. The number of urea groups is 1. The maximum Gasteiger partial charge on any atom is 0.322 e. The fourth-order valence-electron chi connectivity index (χ4n) is 3.37. The predicted molar refractivity (Wildman–Crippen MR) is 111 cm³/mol. The second-order valence-corrected chi connectivity index (χ2v) is 7.09. The summed E-state index contributed by atoms with van der Waals surface area (Å²) in [6.07, 6.45) is 1.68. The number of hydrogen-bond acceptors (Lipinski definition) is 3.